The molecule has 1 aliphatic rings. The number of hydrogen-bond donors (Lipinski definition) is 0. The van der Waals surface area contributed by atoms with Gasteiger partial charge in [-0.2, -0.15) is 14.0 Å². The first-order chi connectivity index (χ1) is 13.9. The largest absolute Gasteiger partial charge is 0.429 e. The fourth-order valence-corrected chi connectivity index (χ4v) is 3.87. The van der Waals surface area contributed by atoms with Gasteiger partial charge in [0.15, 0.2) is 0 Å². The normalized spacial score (nSPS) is 19.8. The van der Waals surface area contributed by atoms with Crippen LogP contribution in [0.15, 0.2) is 54.6 Å². The van der Waals surface area contributed by atoms with E-state index in [1.165, 1.54) is 12.1 Å². The van der Waals surface area contributed by atoms with Gasteiger partial charge in [-0.3, -0.25) is 0 Å². The van der Waals surface area contributed by atoms with Gasteiger partial charge in [0, 0.05) is 6.07 Å². The summed E-state index contributed by atoms with van der Waals surface area (Å²) >= 11 is 0. The summed E-state index contributed by atoms with van der Waals surface area (Å²) in [5.74, 6) is -0.100. The Labute approximate surface area is 169 Å². The molecular formula is C24H24F3NO. The van der Waals surface area contributed by atoms with Crippen LogP contribution in [0, 0.1) is 23.1 Å². The highest BCUT2D eigenvalue weighted by molar-refractivity contribution is 5.37. The Balaban J connectivity index is 1.64. The molecule has 29 heavy (non-hydrogen) atoms. The Hall–Kier alpha value is -2.74. The average molecular weight is 399 g/mol. The third-order valence-corrected chi connectivity index (χ3v) is 5.58. The predicted octanol–water partition coefficient (Wildman–Crippen LogP) is 7.07. The van der Waals surface area contributed by atoms with E-state index in [2.05, 4.69) is 12.2 Å². The molecule has 0 unspecified atom stereocenters. The van der Waals surface area contributed by atoms with Crippen LogP contribution >= 0.6 is 0 Å². The van der Waals surface area contributed by atoms with Crippen molar-refractivity contribution in [2.45, 2.75) is 51.1 Å². The van der Waals surface area contributed by atoms with Crippen molar-refractivity contribution >= 4 is 0 Å². The lowest BCUT2D eigenvalue weighted by atomic mass is 9.77. The average Bonchev–Trinajstić information content (AvgIpc) is 2.72. The van der Waals surface area contributed by atoms with Gasteiger partial charge in [0.2, 0.25) is 0 Å². The van der Waals surface area contributed by atoms with Gasteiger partial charge in [-0.15, -0.1) is 0 Å². The fourth-order valence-electron chi connectivity index (χ4n) is 3.87. The summed E-state index contributed by atoms with van der Waals surface area (Å²) < 4.78 is 47.3. The van der Waals surface area contributed by atoms with Crippen LogP contribution in [0.2, 0.25) is 0 Å². The number of nitriles is 1. The van der Waals surface area contributed by atoms with E-state index in [4.69, 9.17) is 10.00 Å². The van der Waals surface area contributed by atoms with E-state index in [-0.39, 0.29) is 16.9 Å². The second kappa shape index (κ2) is 9.17. The first kappa shape index (κ1) is 21.0. The Kier molecular flexibility index (Phi) is 6.64. The van der Waals surface area contributed by atoms with Gasteiger partial charge in [-0.05, 0) is 80.7 Å². The van der Waals surface area contributed by atoms with Crippen LogP contribution in [0.1, 0.15) is 61.6 Å². The molecule has 0 amide bonds. The van der Waals surface area contributed by atoms with Crippen molar-refractivity contribution in [2.75, 3.05) is 0 Å². The third-order valence-electron chi connectivity index (χ3n) is 5.58. The SMILES string of the molecule is C/C=C\CC1CCC(c2ccc(C(F)(F)Oc3ccc(C#N)c(F)c3)cc2)CC1. The maximum Gasteiger partial charge on any atom is 0.426 e. The second-order valence-electron chi connectivity index (χ2n) is 7.52. The molecule has 0 spiro atoms. The van der Waals surface area contributed by atoms with E-state index in [1.54, 1.807) is 18.2 Å². The van der Waals surface area contributed by atoms with Gasteiger partial charge in [-0.1, -0.05) is 24.3 Å². The number of halogens is 3. The van der Waals surface area contributed by atoms with E-state index in [0.717, 1.165) is 55.9 Å². The van der Waals surface area contributed by atoms with E-state index >= 15 is 0 Å². The van der Waals surface area contributed by atoms with Gasteiger partial charge in [-0.25, -0.2) is 4.39 Å². The Bertz CT molecular complexity index is 891. The summed E-state index contributed by atoms with van der Waals surface area (Å²) in [6.45, 7) is 2.03. The highest BCUT2D eigenvalue weighted by Gasteiger charge is 2.35. The molecule has 0 radical (unpaired) electrons. The van der Waals surface area contributed by atoms with Crippen LogP contribution in [0.3, 0.4) is 0 Å². The van der Waals surface area contributed by atoms with Crippen molar-refractivity contribution in [1.29, 1.82) is 5.26 Å². The highest BCUT2D eigenvalue weighted by Crippen LogP contribution is 2.38. The van der Waals surface area contributed by atoms with E-state index in [1.807, 2.05) is 6.92 Å². The van der Waals surface area contributed by atoms with Crippen molar-refractivity contribution < 1.29 is 17.9 Å². The van der Waals surface area contributed by atoms with Gasteiger partial charge in [0.1, 0.15) is 17.6 Å². The second-order valence-corrected chi connectivity index (χ2v) is 7.52. The molecular weight excluding hydrogens is 375 g/mol. The smallest absolute Gasteiger partial charge is 0.426 e. The van der Waals surface area contributed by atoms with Crippen LogP contribution in [-0.2, 0) is 6.11 Å². The van der Waals surface area contributed by atoms with Crippen molar-refractivity contribution in [3.8, 4) is 11.8 Å². The van der Waals surface area contributed by atoms with E-state index in [0.29, 0.717) is 11.8 Å². The molecule has 1 aliphatic carbocycles. The van der Waals surface area contributed by atoms with Crippen LogP contribution < -0.4 is 4.74 Å². The summed E-state index contributed by atoms with van der Waals surface area (Å²) in [5, 5.41) is 8.72. The first-order valence-electron chi connectivity index (χ1n) is 9.91. The molecule has 1 saturated carbocycles. The molecule has 2 nitrogen and oxygen atoms in total. The maximum absolute atomic E-state index is 14.5. The predicted molar refractivity (Wildman–Crippen MR) is 106 cm³/mol. The Morgan fingerprint density at radius 2 is 1.79 bits per heavy atom. The zero-order valence-corrected chi connectivity index (χ0v) is 16.4. The molecule has 1 fully saturated rings. The zero-order valence-electron chi connectivity index (χ0n) is 16.4. The summed E-state index contributed by atoms with van der Waals surface area (Å²) in [6.07, 6.45) is 6.25. The number of hydrogen-bond acceptors (Lipinski definition) is 2. The van der Waals surface area contributed by atoms with Crippen molar-refractivity contribution in [2.24, 2.45) is 5.92 Å². The van der Waals surface area contributed by atoms with Crippen LogP contribution in [-0.4, -0.2) is 0 Å². The highest BCUT2D eigenvalue weighted by atomic mass is 19.3. The summed E-state index contributed by atoms with van der Waals surface area (Å²) in [5.41, 5.74) is 0.566. The molecule has 0 saturated heterocycles. The molecule has 0 heterocycles. The Morgan fingerprint density at radius 3 is 2.38 bits per heavy atom. The zero-order chi connectivity index (χ0) is 20.9. The van der Waals surface area contributed by atoms with E-state index < -0.39 is 11.9 Å². The molecule has 2 aromatic carbocycles. The monoisotopic (exact) mass is 399 g/mol. The standard InChI is InChI=1S/C24H24F3NO/c1-2-3-4-17-5-7-18(8-6-17)19-9-12-21(13-10-19)24(26,27)29-22-14-11-20(16-28)23(25)15-22/h2-3,9-15,17-18H,4-8H2,1H3/b3-2-. The molecule has 152 valence electrons. The summed E-state index contributed by atoms with van der Waals surface area (Å²) in [4.78, 5) is 0. The molecule has 0 N–H and O–H groups in total. The minimum atomic E-state index is -3.59. The van der Waals surface area contributed by atoms with Gasteiger partial charge >= 0.3 is 6.11 Å². The number of rotatable bonds is 6. The molecule has 0 aliphatic heterocycles. The van der Waals surface area contributed by atoms with Gasteiger partial charge < -0.3 is 4.74 Å². The van der Waals surface area contributed by atoms with Crippen LogP contribution in [0.25, 0.3) is 0 Å². The van der Waals surface area contributed by atoms with Crippen molar-refractivity contribution in [3.05, 3.63) is 77.1 Å². The van der Waals surface area contributed by atoms with Crippen molar-refractivity contribution in [3.63, 3.8) is 0 Å². The molecule has 3 rings (SSSR count). The molecule has 0 aromatic heterocycles. The molecule has 5 heteroatoms. The lowest BCUT2D eigenvalue weighted by Gasteiger charge is -2.28. The topological polar surface area (TPSA) is 33.0 Å². The number of allylic oxidation sites excluding steroid dienone is 2. The van der Waals surface area contributed by atoms with Crippen LogP contribution in [0.4, 0.5) is 13.2 Å². The van der Waals surface area contributed by atoms with E-state index in [9.17, 15) is 13.2 Å². The molecule has 0 atom stereocenters. The minimum Gasteiger partial charge on any atom is -0.429 e. The number of ether oxygens (including phenoxy) is 1. The van der Waals surface area contributed by atoms with Crippen LogP contribution in [0.5, 0.6) is 5.75 Å². The Morgan fingerprint density at radius 1 is 1.10 bits per heavy atom. The quantitative estimate of drug-likeness (QED) is 0.487. The number of benzene rings is 2. The van der Waals surface area contributed by atoms with Crippen molar-refractivity contribution in [1.82, 2.24) is 0 Å². The van der Waals surface area contributed by atoms with Gasteiger partial charge in [0.05, 0.1) is 11.1 Å². The summed E-state index contributed by atoms with van der Waals surface area (Å²) in [7, 11) is 0. The van der Waals surface area contributed by atoms with Gasteiger partial charge in [0.25, 0.3) is 0 Å². The first-order valence-corrected chi connectivity index (χ1v) is 9.91. The minimum absolute atomic E-state index is 0.217. The number of nitrogens with zero attached hydrogens (tertiary/aromatic N) is 1. The third kappa shape index (κ3) is 5.20. The lowest BCUT2D eigenvalue weighted by Crippen LogP contribution is -2.22. The number of alkyl halides is 2. The maximum atomic E-state index is 14.5. The summed E-state index contributed by atoms with van der Waals surface area (Å²) in [6, 6.07) is 11.0. The fraction of sp³-hybridized carbons (Fsp3) is 0.375. The molecule has 0 bridgehead atoms. The lowest BCUT2D eigenvalue weighted by molar-refractivity contribution is -0.185. The molecule has 2 aromatic rings.